The van der Waals surface area contributed by atoms with Gasteiger partial charge in [0.15, 0.2) is 5.69 Å². The number of aromatic nitrogens is 3. The highest BCUT2D eigenvalue weighted by Crippen LogP contribution is 2.10. The van der Waals surface area contributed by atoms with Gasteiger partial charge in [-0.3, -0.25) is 4.40 Å². The molecule has 6 heteroatoms. The number of carbonyl (C=O) groups is 1. The van der Waals surface area contributed by atoms with Crippen molar-refractivity contribution >= 4 is 11.7 Å². The van der Waals surface area contributed by atoms with E-state index in [1.165, 1.54) is 13.3 Å². The second-order valence-corrected chi connectivity index (χ2v) is 3.00. The maximum absolute atomic E-state index is 11.5. The molecule has 6 nitrogen and oxygen atoms in total. The average molecular weight is 221 g/mol. The Balaban J connectivity index is 2.45. The normalized spacial score (nSPS) is 10.4. The van der Waals surface area contributed by atoms with Gasteiger partial charge in [0.05, 0.1) is 19.9 Å². The number of hydrogen-bond acceptors (Lipinski definition) is 5. The van der Waals surface area contributed by atoms with Crippen LogP contribution in [0.25, 0.3) is 5.78 Å². The average Bonchev–Trinajstić information content (AvgIpc) is 2.71. The molecule has 0 atom stereocenters. The lowest BCUT2D eigenvalue weighted by atomic mass is 10.5. The van der Waals surface area contributed by atoms with Gasteiger partial charge in [0, 0.05) is 12.3 Å². The quantitative estimate of drug-likeness (QED) is 0.721. The highest BCUT2D eigenvalue weighted by atomic mass is 16.5. The van der Waals surface area contributed by atoms with E-state index in [1.807, 2.05) is 0 Å². The van der Waals surface area contributed by atoms with Crippen molar-refractivity contribution in [1.29, 1.82) is 0 Å². The van der Waals surface area contributed by atoms with Crippen molar-refractivity contribution in [3.63, 3.8) is 0 Å². The minimum absolute atomic E-state index is 0.329. The number of rotatable bonds is 3. The molecule has 0 aromatic carbocycles. The lowest BCUT2D eigenvalue weighted by Gasteiger charge is -2.02. The summed E-state index contributed by atoms with van der Waals surface area (Å²) in [4.78, 5) is 19.6. The van der Waals surface area contributed by atoms with Crippen LogP contribution in [0.15, 0.2) is 18.5 Å². The van der Waals surface area contributed by atoms with Crippen molar-refractivity contribution < 1.29 is 14.3 Å². The Labute approximate surface area is 91.8 Å². The summed E-state index contributed by atoms with van der Waals surface area (Å²) >= 11 is 0. The Morgan fingerprint density at radius 3 is 3.06 bits per heavy atom. The molecule has 2 rings (SSSR count). The zero-order valence-electron chi connectivity index (χ0n) is 9.01. The van der Waals surface area contributed by atoms with Gasteiger partial charge in [0.2, 0.25) is 11.7 Å². The number of imidazole rings is 1. The second kappa shape index (κ2) is 4.18. The molecule has 0 amide bonds. The van der Waals surface area contributed by atoms with E-state index >= 15 is 0 Å². The monoisotopic (exact) mass is 221 g/mol. The van der Waals surface area contributed by atoms with Crippen LogP contribution in [0.2, 0.25) is 0 Å². The standard InChI is InChI=1S/C10H11N3O3/c1-3-16-9(14)7-6-11-10-12-8(15-2)4-5-13(7)10/h4-6H,3H2,1-2H3. The van der Waals surface area contributed by atoms with Crippen molar-refractivity contribution in [3.8, 4) is 5.88 Å². The number of methoxy groups -OCH3 is 1. The topological polar surface area (TPSA) is 65.7 Å². The van der Waals surface area contributed by atoms with Gasteiger partial charge in [-0.25, -0.2) is 9.78 Å². The number of fused-ring (bicyclic) bond motifs is 1. The molecule has 16 heavy (non-hydrogen) atoms. The zero-order valence-corrected chi connectivity index (χ0v) is 9.01. The summed E-state index contributed by atoms with van der Waals surface area (Å²) < 4.78 is 11.4. The number of esters is 1. The van der Waals surface area contributed by atoms with Gasteiger partial charge in [0.1, 0.15) is 0 Å². The van der Waals surface area contributed by atoms with E-state index in [1.54, 1.807) is 23.6 Å². The summed E-state index contributed by atoms with van der Waals surface area (Å²) in [6.07, 6.45) is 3.10. The zero-order chi connectivity index (χ0) is 11.5. The van der Waals surface area contributed by atoms with E-state index < -0.39 is 5.97 Å². The molecule has 0 bridgehead atoms. The summed E-state index contributed by atoms with van der Waals surface area (Å²) in [7, 11) is 1.52. The van der Waals surface area contributed by atoms with Crippen molar-refractivity contribution in [2.75, 3.05) is 13.7 Å². The lowest BCUT2D eigenvalue weighted by molar-refractivity contribution is 0.0518. The molecule has 0 aliphatic heterocycles. The van der Waals surface area contributed by atoms with Crippen molar-refractivity contribution in [1.82, 2.24) is 14.4 Å². The van der Waals surface area contributed by atoms with Crippen LogP contribution in [-0.4, -0.2) is 34.1 Å². The lowest BCUT2D eigenvalue weighted by Crippen LogP contribution is -2.08. The van der Waals surface area contributed by atoms with E-state index in [2.05, 4.69) is 9.97 Å². The fourth-order valence-electron chi connectivity index (χ4n) is 1.32. The minimum atomic E-state index is -0.415. The minimum Gasteiger partial charge on any atom is -0.481 e. The SMILES string of the molecule is CCOC(=O)c1cnc2nc(OC)ccn12. The molecule has 0 spiro atoms. The highest BCUT2D eigenvalue weighted by molar-refractivity contribution is 5.88. The first-order valence-electron chi connectivity index (χ1n) is 4.81. The number of nitrogens with zero attached hydrogens (tertiary/aromatic N) is 3. The molecule has 0 radical (unpaired) electrons. The third-order valence-electron chi connectivity index (χ3n) is 2.05. The van der Waals surface area contributed by atoms with Gasteiger partial charge in [-0.15, -0.1) is 0 Å². The predicted octanol–water partition coefficient (Wildman–Crippen LogP) is 0.915. The Kier molecular flexibility index (Phi) is 2.72. The van der Waals surface area contributed by atoms with Crippen molar-refractivity contribution in [2.24, 2.45) is 0 Å². The molecule has 0 fully saturated rings. The van der Waals surface area contributed by atoms with Crippen LogP contribution in [0.3, 0.4) is 0 Å². The molecule has 2 aromatic heterocycles. The first-order chi connectivity index (χ1) is 7.76. The molecule has 0 saturated carbocycles. The van der Waals surface area contributed by atoms with Crippen molar-refractivity contribution in [3.05, 3.63) is 24.2 Å². The molecule has 0 aliphatic carbocycles. The smallest absolute Gasteiger partial charge is 0.357 e. The van der Waals surface area contributed by atoms with Crippen LogP contribution in [0, 0.1) is 0 Å². The molecule has 0 unspecified atom stereocenters. The van der Waals surface area contributed by atoms with E-state index in [0.717, 1.165) is 0 Å². The number of carbonyl (C=O) groups excluding carboxylic acids is 1. The third kappa shape index (κ3) is 1.69. The van der Waals surface area contributed by atoms with E-state index in [-0.39, 0.29) is 0 Å². The molecule has 0 saturated heterocycles. The van der Waals surface area contributed by atoms with Gasteiger partial charge in [-0.05, 0) is 6.92 Å². The molecule has 2 heterocycles. The Morgan fingerprint density at radius 1 is 1.56 bits per heavy atom. The van der Waals surface area contributed by atoms with Crippen LogP contribution < -0.4 is 4.74 Å². The molecule has 2 aromatic rings. The maximum atomic E-state index is 11.5. The number of hydrogen-bond donors (Lipinski definition) is 0. The summed E-state index contributed by atoms with van der Waals surface area (Å²) in [6.45, 7) is 2.08. The molecular formula is C10H11N3O3. The summed E-state index contributed by atoms with van der Waals surface area (Å²) in [5, 5.41) is 0. The van der Waals surface area contributed by atoms with Crippen molar-refractivity contribution in [2.45, 2.75) is 6.92 Å². The van der Waals surface area contributed by atoms with Crippen LogP contribution in [0.1, 0.15) is 17.4 Å². The van der Waals surface area contributed by atoms with Crippen LogP contribution in [-0.2, 0) is 4.74 Å². The van der Waals surface area contributed by atoms with E-state index in [0.29, 0.717) is 24.0 Å². The molecule has 0 aliphatic rings. The van der Waals surface area contributed by atoms with Gasteiger partial charge in [-0.2, -0.15) is 4.98 Å². The summed E-state index contributed by atoms with van der Waals surface area (Å²) in [5.74, 6) is 0.442. The Hall–Kier alpha value is -2.11. The van der Waals surface area contributed by atoms with Crippen LogP contribution >= 0.6 is 0 Å². The largest absolute Gasteiger partial charge is 0.481 e. The van der Waals surface area contributed by atoms with E-state index in [9.17, 15) is 4.79 Å². The third-order valence-corrected chi connectivity index (χ3v) is 2.05. The molecule has 84 valence electrons. The van der Waals surface area contributed by atoms with Crippen LogP contribution in [0.4, 0.5) is 0 Å². The van der Waals surface area contributed by atoms with Gasteiger partial charge >= 0.3 is 5.97 Å². The second-order valence-electron chi connectivity index (χ2n) is 3.00. The summed E-state index contributed by atoms with van der Waals surface area (Å²) in [6, 6.07) is 1.65. The fraction of sp³-hybridized carbons (Fsp3) is 0.300. The molecule has 0 N–H and O–H groups in total. The van der Waals surface area contributed by atoms with Gasteiger partial charge in [-0.1, -0.05) is 0 Å². The Bertz CT molecular complexity index is 521. The molecular weight excluding hydrogens is 210 g/mol. The highest BCUT2D eigenvalue weighted by Gasteiger charge is 2.13. The maximum Gasteiger partial charge on any atom is 0.357 e. The van der Waals surface area contributed by atoms with Crippen LogP contribution in [0.5, 0.6) is 5.88 Å². The van der Waals surface area contributed by atoms with E-state index in [4.69, 9.17) is 9.47 Å². The van der Waals surface area contributed by atoms with Gasteiger partial charge < -0.3 is 9.47 Å². The fourth-order valence-corrected chi connectivity index (χ4v) is 1.32. The summed E-state index contributed by atoms with van der Waals surface area (Å²) in [5.41, 5.74) is 0.354. The first-order valence-corrected chi connectivity index (χ1v) is 4.81. The predicted molar refractivity (Wildman–Crippen MR) is 55.5 cm³/mol. The number of ether oxygens (including phenoxy) is 2. The first kappa shape index (κ1) is 10.4. The van der Waals surface area contributed by atoms with Gasteiger partial charge in [0.25, 0.3) is 0 Å². The Morgan fingerprint density at radius 2 is 2.38 bits per heavy atom.